The number of fused-ring (bicyclic) bond motifs is 1. The number of hydrogen-bond acceptors (Lipinski definition) is 6. The zero-order valence-corrected chi connectivity index (χ0v) is 21.1. The largest absolute Gasteiger partial charge is 0.456 e. The van der Waals surface area contributed by atoms with E-state index in [4.69, 9.17) is 4.74 Å². The summed E-state index contributed by atoms with van der Waals surface area (Å²) in [6.07, 6.45) is 8.92. The molecule has 37 heavy (non-hydrogen) atoms. The van der Waals surface area contributed by atoms with E-state index in [1.807, 2.05) is 67.0 Å². The maximum atomic E-state index is 12.6. The van der Waals surface area contributed by atoms with Gasteiger partial charge in [-0.25, -0.2) is 4.52 Å². The first-order valence-electron chi connectivity index (χ1n) is 12.8. The molecule has 1 aromatic carbocycles. The van der Waals surface area contributed by atoms with Crippen molar-refractivity contribution in [1.82, 2.24) is 19.9 Å². The summed E-state index contributed by atoms with van der Waals surface area (Å²) >= 11 is 0. The summed E-state index contributed by atoms with van der Waals surface area (Å²) in [7, 11) is 0. The van der Waals surface area contributed by atoms with E-state index >= 15 is 0 Å². The molecule has 2 saturated carbocycles. The van der Waals surface area contributed by atoms with E-state index in [1.54, 1.807) is 12.4 Å². The molecule has 2 fully saturated rings. The summed E-state index contributed by atoms with van der Waals surface area (Å²) < 4.78 is 8.03. The van der Waals surface area contributed by atoms with Crippen LogP contribution in [0.4, 0.5) is 5.82 Å². The molecule has 0 radical (unpaired) electrons. The van der Waals surface area contributed by atoms with Gasteiger partial charge in [0.1, 0.15) is 17.3 Å². The van der Waals surface area contributed by atoms with Gasteiger partial charge in [-0.1, -0.05) is 12.1 Å². The molecule has 8 heteroatoms. The number of nitrogens with zero attached hydrogens (tertiary/aromatic N) is 3. The van der Waals surface area contributed by atoms with Crippen LogP contribution in [0.25, 0.3) is 16.6 Å². The Hall–Kier alpha value is -3.91. The Kier molecular flexibility index (Phi) is 5.83. The highest BCUT2D eigenvalue weighted by Crippen LogP contribution is 2.38. The molecule has 4 aromatic rings. The average Bonchev–Trinajstić information content (AvgIpc) is 3.57. The maximum Gasteiger partial charge on any atom is 0.251 e. The first-order chi connectivity index (χ1) is 17.8. The molecule has 2 aliphatic rings. The number of carbonyl (C=O) groups excluding carboxylic acids is 1. The van der Waals surface area contributed by atoms with Gasteiger partial charge in [0.05, 0.1) is 23.5 Å². The molecular weight excluding hydrogens is 466 g/mol. The van der Waals surface area contributed by atoms with Crippen LogP contribution in [0, 0.1) is 12.8 Å². The Labute approximate surface area is 215 Å². The fraction of sp³-hybridized carbons (Fsp3) is 0.345. The van der Waals surface area contributed by atoms with Crippen LogP contribution in [0.3, 0.4) is 0 Å². The molecule has 0 bridgehead atoms. The third kappa shape index (κ3) is 5.02. The van der Waals surface area contributed by atoms with Crippen LogP contribution in [-0.2, 0) is 0 Å². The number of aryl methyl sites for hydroxylation is 1. The summed E-state index contributed by atoms with van der Waals surface area (Å²) in [6.45, 7) is 4.59. The van der Waals surface area contributed by atoms with Crippen molar-refractivity contribution in [3.63, 3.8) is 0 Å². The minimum Gasteiger partial charge on any atom is -0.456 e. The van der Waals surface area contributed by atoms with Gasteiger partial charge in [-0.3, -0.25) is 9.78 Å². The van der Waals surface area contributed by atoms with Gasteiger partial charge >= 0.3 is 0 Å². The van der Waals surface area contributed by atoms with Gasteiger partial charge < -0.3 is 20.5 Å². The highest BCUT2D eigenvalue weighted by Gasteiger charge is 2.38. The van der Waals surface area contributed by atoms with E-state index in [9.17, 15) is 9.90 Å². The van der Waals surface area contributed by atoms with Crippen molar-refractivity contribution in [2.45, 2.75) is 51.2 Å². The number of anilines is 1. The molecule has 0 spiro atoms. The van der Waals surface area contributed by atoms with Crippen molar-refractivity contribution in [3.05, 3.63) is 72.2 Å². The number of carbonyl (C=O) groups is 1. The summed E-state index contributed by atoms with van der Waals surface area (Å²) in [5, 5.41) is 21.4. The van der Waals surface area contributed by atoms with Gasteiger partial charge in [0, 0.05) is 42.0 Å². The van der Waals surface area contributed by atoms with Crippen molar-refractivity contribution >= 4 is 17.2 Å². The van der Waals surface area contributed by atoms with E-state index in [1.165, 1.54) is 0 Å². The minimum absolute atomic E-state index is 0.0139. The number of rotatable bonds is 8. The Morgan fingerprint density at radius 2 is 2.00 bits per heavy atom. The van der Waals surface area contributed by atoms with Crippen LogP contribution in [0.5, 0.6) is 11.5 Å². The van der Waals surface area contributed by atoms with Crippen molar-refractivity contribution < 1.29 is 14.6 Å². The lowest BCUT2D eigenvalue weighted by Crippen LogP contribution is -2.43. The zero-order valence-electron chi connectivity index (χ0n) is 21.1. The normalized spacial score (nSPS) is 20.9. The highest BCUT2D eigenvalue weighted by atomic mass is 16.5. The summed E-state index contributed by atoms with van der Waals surface area (Å²) in [5.41, 5.74) is 3.88. The molecule has 8 nitrogen and oxygen atoms in total. The van der Waals surface area contributed by atoms with Gasteiger partial charge in [0.15, 0.2) is 0 Å². The van der Waals surface area contributed by atoms with Crippen LogP contribution in [0.2, 0.25) is 0 Å². The fourth-order valence-corrected chi connectivity index (χ4v) is 5.17. The molecule has 0 atom stereocenters. The third-order valence-electron chi connectivity index (χ3n) is 7.19. The van der Waals surface area contributed by atoms with Gasteiger partial charge in [-0.15, -0.1) is 0 Å². The lowest BCUT2D eigenvalue weighted by molar-refractivity contribution is -0.0524. The molecule has 0 saturated heterocycles. The highest BCUT2D eigenvalue weighted by molar-refractivity contribution is 5.97. The molecular formula is C29H31N5O3. The predicted molar refractivity (Wildman–Crippen MR) is 142 cm³/mol. The lowest BCUT2D eigenvalue weighted by Gasteiger charge is -2.41. The molecule has 0 aliphatic heterocycles. The van der Waals surface area contributed by atoms with Gasteiger partial charge in [0.25, 0.3) is 5.91 Å². The van der Waals surface area contributed by atoms with E-state index in [2.05, 4.69) is 20.7 Å². The monoisotopic (exact) mass is 497 g/mol. The van der Waals surface area contributed by atoms with Crippen molar-refractivity contribution in [2.75, 3.05) is 11.9 Å². The SMILES string of the molecule is Cc1cc(-c2cnn3c(NC[C@H]4C[C@](C)(O)C4)cc(Oc4cccnc4)cc23)ccc1C(=O)NC1CC1. The molecule has 0 unspecified atom stereocenters. The van der Waals surface area contributed by atoms with Crippen LogP contribution in [-0.4, -0.2) is 43.8 Å². The molecule has 3 N–H and O–H groups in total. The van der Waals surface area contributed by atoms with Crippen LogP contribution < -0.4 is 15.4 Å². The summed E-state index contributed by atoms with van der Waals surface area (Å²) in [5.74, 6) is 2.52. The molecule has 2 aliphatic carbocycles. The second kappa shape index (κ2) is 9.19. The summed E-state index contributed by atoms with van der Waals surface area (Å²) in [6, 6.07) is 13.8. The zero-order chi connectivity index (χ0) is 25.6. The number of hydrogen-bond donors (Lipinski definition) is 3. The average molecular weight is 498 g/mol. The summed E-state index contributed by atoms with van der Waals surface area (Å²) in [4.78, 5) is 16.8. The number of nitrogens with one attached hydrogen (secondary N) is 2. The molecule has 6 rings (SSSR count). The molecule has 3 heterocycles. The van der Waals surface area contributed by atoms with Gasteiger partial charge in [-0.2, -0.15) is 5.10 Å². The Balaban J connectivity index is 1.33. The van der Waals surface area contributed by atoms with E-state index in [0.29, 0.717) is 29.0 Å². The predicted octanol–water partition coefficient (Wildman–Crippen LogP) is 4.96. The lowest BCUT2D eigenvalue weighted by atomic mass is 9.72. The number of aromatic nitrogens is 3. The van der Waals surface area contributed by atoms with E-state index < -0.39 is 5.60 Å². The maximum absolute atomic E-state index is 12.6. The number of ether oxygens (including phenoxy) is 1. The standard InChI is InChI=1S/C29H31N5O3/c1-18-10-20(5-8-24(18)28(35)33-21-6-7-21)25-17-32-34-26(25)11-23(37-22-4-3-9-30-16-22)12-27(34)31-15-19-13-29(2,36)14-19/h3-5,8-12,16-17,19,21,31,36H,6-7,13-15H2,1-2H3,(H,33,35)/t19-,29-. The Morgan fingerprint density at radius 3 is 2.70 bits per heavy atom. The number of pyridine rings is 2. The smallest absolute Gasteiger partial charge is 0.251 e. The minimum atomic E-state index is -0.564. The number of benzene rings is 1. The van der Waals surface area contributed by atoms with E-state index in [-0.39, 0.29) is 5.91 Å². The third-order valence-corrected chi connectivity index (χ3v) is 7.19. The number of amides is 1. The quantitative estimate of drug-likeness (QED) is 0.318. The molecule has 1 amide bonds. The van der Waals surface area contributed by atoms with Crippen molar-refractivity contribution in [2.24, 2.45) is 5.92 Å². The second-order valence-electron chi connectivity index (χ2n) is 10.7. The van der Waals surface area contributed by atoms with Crippen LogP contribution in [0.15, 0.2) is 61.1 Å². The molecule has 190 valence electrons. The Bertz CT molecular complexity index is 1450. The van der Waals surface area contributed by atoms with Crippen molar-refractivity contribution in [1.29, 1.82) is 0 Å². The fourth-order valence-electron chi connectivity index (χ4n) is 5.17. The molecule has 3 aromatic heterocycles. The van der Waals surface area contributed by atoms with Gasteiger partial charge in [0.2, 0.25) is 0 Å². The topological polar surface area (TPSA) is 101 Å². The van der Waals surface area contributed by atoms with Crippen LogP contribution in [0.1, 0.15) is 48.5 Å². The van der Waals surface area contributed by atoms with Gasteiger partial charge in [-0.05, 0) is 74.8 Å². The van der Waals surface area contributed by atoms with Crippen LogP contribution >= 0.6 is 0 Å². The van der Waals surface area contributed by atoms with Crippen molar-refractivity contribution in [3.8, 4) is 22.6 Å². The van der Waals surface area contributed by atoms with E-state index in [0.717, 1.165) is 60.3 Å². The second-order valence-corrected chi connectivity index (χ2v) is 10.7. The first kappa shape index (κ1) is 23.5. The Morgan fingerprint density at radius 1 is 1.16 bits per heavy atom. The first-order valence-corrected chi connectivity index (χ1v) is 12.8. The number of aliphatic hydroxyl groups is 1.